The number of hydrogen-bond acceptors (Lipinski definition) is 5. The summed E-state index contributed by atoms with van der Waals surface area (Å²) in [6, 6.07) is 11.7. The Hall–Kier alpha value is -2.65. The van der Waals surface area contributed by atoms with Crippen LogP contribution in [0.3, 0.4) is 0 Å². The van der Waals surface area contributed by atoms with Crippen LogP contribution in [0.5, 0.6) is 0 Å². The zero-order valence-corrected chi connectivity index (χ0v) is 15.3. The van der Waals surface area contributed by atoms with Crippen molar-refractivity contribution in [2.24, 2.45) is 16.6 Å². The number of guanidine groups is 1. The Morgan fingerprint density at radius 3 is 2.76 bits per heavy atom. The highest BCUT2D eigenvalue weighted by atomic mass is 32.1. The lowest BCUT2D eigenvalue weighted by Crippen LogP contribution is -2.50. The van der Waals surface area contributed by atoms with Gasteiger partial charge in [-0.25, -0.2) is 4.99 Å². The first-order valence-electron chi connectivity index (χ1n) is 8.09. The molecule has 1 aliphatic heterocycles. The van der Waals surface area contributed by atoms with Crippen molar-refractivity contribution in [1.82, 2.24) is 4.90 Å². The summed E-state index contributed by atoms with van der Waals surface area (Å²) in [5.74, 6) is 0.356. The minimum Gasteiger partial charge on any atom is -0.369 e. The number of benzene rings is 1. The van der Waals surface area contributed by atoms with E-state index in [2.05, 4.69) is 26.0 Å². The second kappa shape index (κ2) is 6.34. The van der Waals surface area contributed by atoms with E-state index in [0.717, 1.165) is 16.0 Å². The summed E-state index contributed by atoms with van der Waals surface area (Å²) in [5.41, 5.74) is 8.00. The Morgan fingerprint density at radius 1 is 1.36 bits per heavy atom. The first-order chi connectivity index (χ1) is 11.9. The summed E-state index contributed by atoms with van der Waals surface area (Å²) in [6.45, 7) is 4.12. The molecule has 0 spiro atoms. The fourth-order valence-corrected chi connectivity index (χ4v) is 4.25. The second-order valence-electron chi connectivity index (χ2n) is 6.57. The molecule has 2 aromatic rings. The first kappa shape index (κ1) is 17.2. The standard InChI is InChI=1S/C19H20N4OS/c1-12(2)19(9-17(24)23(3)18(21)22-19)16-8-15(11-25-16)14-6-4-5-13(7-14)10-20/h4-8,11-12H,9H2,1-3H3,(H2,21,22). The van der Waals surface area contributed by atoms with Gasteiger partial charge in [0, 0.05) is 11.9 Å². The van der Waals surface area contributed by atoms with Crippen LogP contribution in [0.1, 0.15) is 30.7 Å². The fourth-order valence-electron chi connectivity index (χ4n) is 3.04. The average Bonchev–Trinajstić information content (AvgIpc) is 3.09. The summed E-state index contributed by atoms with van der Waals surface area (Å²) in [6.07, 6.45) is 0.306. The molecule has 3 rings (SSSR count). The fraction of sp³-hybridized carbons (Fsp3) is 0.316. The van der Waals surface area contributed by atoms with Crippen molar-refractivity contribution >= 4 is 23.2 Å². The van der Waals surface area contributed by atoms with E-state index in [4.69, 9.17) is 16.0 Å². The molecule has 0 saturated carbocycles. The smallest absolute Gasteiger partial charge is 0.231 e. The number of nitrogens with two attached hydrogens (primary N) is 1. The molecule has 0 saturated heterocycles. The highest BCUT2D eigenvalue weighted by Gasteiger charge is 2.43. The number of aliphatic imine (C=N–C) groups is 1. The van der Waals surface area contributed by atoms with Crippen molar-refractivity contribution in [3.05, 3.63) is 46.2 Å². The number of thiophene rings is 1. The number of carbonyl (C=O) groups excluding carboxylic acids is 1. The van der Waals surface area contributed by atoms with E-state index in [-0.39, 0.29) is 17.8 Å². The summed E-state index contributed by atoms with van der Waals surface area (Å²) >= 11 is 1.58. The number of rotatable bonds is 3. The quantitative estimate of drug-likeness (QED) is 0.920. The monoisotopic (exact) mass is 352 g/mol. The molecule has 2 N–H and O–H groups in total. The number of nitriles is 1. The summed E-state index contributed by atoms with van der Waals surface area (Å²) in [7, 11) is 1.65. The minimum atomic E-state index is -0.635. The molecule has 25 heavy (non-hydrogen) atoms. The van der Waals surface area contributed by atoms with Crippen molar-refractivity contribution in [2.75, 3.05) is 7.05 Å². The molecule has 0 bridgehead atoms. The van der Waals surface area contributed by atoms with Gasteiger partial charge in [-0.3, -0.25) is 9.69 Å². The highest BCUT2D eigenvalue weighted by Crippen LogP contribution is 2.44. The van der Waals surface area contributed by atoms with Crippen LogP contribution in [0, 0.1) is 17.2 Å². The number of nitrogens with zero attached hydrogens (tertiary/aromatic N) is 3. The maximum atomic E-state index is 12.4. The minimum absolute atomic E-state index is 0.0253. The molecule has 6 heteroatoms. The number of amides is 1. The predicted molar refractivity (Wildman–Crippen MR) is 100.0 cm³/mol. The molecule has 1 amide bonds. The van der Waals surface area contributed by atoms with Gasteiger partial charge in [0.15, 0.2) is 5.96 Å². The lowest BCUT2D eigenvalue weighted by atomic mass is 9.80. The van der Waals surface area contributed by atoms with Crippen molar-refractivity contribution in [1.29, 1.82) is 5.26 Å². The average molecular weight is 352 g/mol. The van der Waals surface area contributed by atoms with Crippen molar-refractivity contribution in [3.63, 3.8) is 0 Å². The van der Waals surface area contributed by atoms with Gasteiger partial charge in [-0.2, -0.15) is 5.26 Å². The Bertz CT molecular complexity index is 893. The van der Waals surface area contributed by atoms with E-state index in [9.17, 15) is 4.79 Å². The van der Waals surface area contributed by atoms with Gasteiger partial charge in [0.25, 0.3) is 0 Å². The molecular formula is C19H20N4OS. The molecule has 0 fully saturated rings. The molecule has 1 aromatic heterocycles. The van der Waals surface area contributed by atoms with Gasteiger partial charge >= 0.3 is 0 Å². The van der Waals surface area contributed by atoms with Gasteiger partial charge in [0.1, 0.15) is 5.54 Å². The third-order valence-corrected chi connectivity index (χ3v) is 5.86. The van der Waals surface area contributed by atoms with Crippen LogP contribution >= 0.6 is 11.3 Å². The Morgan fingerprint density at radius 2 is 2.12 bits per heavy atom. The molecule has 1 aromatic carbocycles. The Kier molecular flexibility index (Phi) is 4.36. The maximum Gasteiger partial charge on any atom is 0.231 e. The van der Waals surface area contributed by atoms with Crippen LogP contribution in [-0.2, 0) is 10.3 Å². The third kappa shape index (κ3) is 2.92. The van der Waals surface area contributed by atoms with Crippen molar-refractivity contribution in [2.45, 2.75) is 25.8 Å². The number of hydrogen-bond donors (Lipinski definition) is 1. The van der Waals surface area contributed by atoms with Gasteiger partial charge in [0.2, 0.25) is 5.91 Å². The molecule has 5 nitrogen and oxygen atoms in total. The predicted octanol–water partition coefficient (Wildman–Crippen LogP) is 3.31. The topological polar surface area (TPSA) is 82.5 Å². The lowest BCUT2D eigenvalue weighted by molar-refractivity contribution is -0.129. The molecule has 0 aliphatic carbocycles. The summed E-state index contributed by atoms with van der Waals surface area (Å²) in [5, 5.41) is 11.1. The lowest BCUT2D eigenvalue weighted by Gasteiger charge is -2.38. The SMILES string of the molecule is CC(C)C1(c2cc(-c3cccc(C#N)c3)cs2)CC(=O)N(C)C(N)=N1. The maximum absolute atomic E-state index is 12.4. The van der Waals surface area contributed by atoms with Crippen LogP contribution in [-0.4, -0.2) is 23.8 Å². The molecule has 0 radical (unpaired) electrons. The first-order valence-corrected chi connectivity index (χ1v) is 8.97. The molecule has 2 heterocycles. The van der Waals surface area contributed by atoms with Crippen LogP contribution < -0.4 is 5.73 Å². The highest BCUT2D eigenvalue weighted by molar-refractivity contribution is 7.10. The van der Waals surface area contributed by atoms with Crippen LogP contribution in [0.2, 0.25) is 0 Å². The molecular weight excluding hydrogens is 332 g/mol. The third-order valence-electron chi connectivity index (χ3n) is 4.76. The van der Waals surface area contributed by atoms with Crippen molar-refractivity contribution < 1.29 is 4.79 Å². The zero-order valence-electron chi connectivity index (χ0n) is 14.5. The summed E-state index contributed by atoms with van der Waals surface area (Å²) < 4.78 is 0. The van der Waals surface area contributed by atoms with Crippen LogP contribution in [0.4, 0.5) is 0 Å². The van der Waals surface area contributed by atoms with E-state index >= 15 is 0 Å². The van der Waals surface area contributed by atoms with E-state index in [1.807, 2.05) is 23.6 Å². The van der Waals surface area contributed by atoms with Gasteiger partial charge in [0.05, 0.1) is 18.1 Å². The van der Waals surface area contributed by atoms with Crippen LogP contribution in [0.25, 0.3) is 11.1 Å². The van der Waals surface area contributed by atoms with E-state index in [1.54, 1.807) is 24.5 Å². The molecule has 1 atom stereocenters. The van der Waals surface area contributed by atoms with E-state index in [1.165, 1.54) is 4.90 Å². The number of carbonyl (C=O) groups is 1. The Balaban J connectivity index is 2.07. The van der Waals surface area contributed by atoms with Crippen LogP contribution in [0.15, 0.2) is 40.7 Å². The van der Waals surface area contributed by atoms with Gasteiger partial charge in [-0.1, -0.05) is 26.0 Å². The van der Waals surface area contributed by atoms with Crippen molar-refractivity contribution in [3.8, 4) is 17.2 Å². The zero-order chi connectivity index (χ0) is 18.2. The molecule has 1 aliphatic rings. The Labute approximate surface area is 151 Å². The van der Waals surface area contributed by atoms with E-state index < -0.39 is 5.54 Å². The van der Waals surface area contributed by atoms with Gasteiger partial charge < -0.3 is 5.73 Å². The summed E-state index contributed by atoms with van der Waals surface area (Å²) in [4.78, 5) is 19.5. The molecule has 1 unspecified atom stereocenters. The van der Waals surface area contributed by atoms with E-state index in [0.29, 0.717) is 12.0 Å². The second-order valence-corrected chi connectivity index (χ2v) is 7.48. The van der Waals surface area contributed by atoms with Gasteiger partial charge in [-0.15, -0.1) is 11.3 Å². The van der Waals surface area contributed by atoms with Gasteiger partial charge in [-0.05, 0) is 40.6 Å². The molecule has 128 valence electrons. The largest absolute Gasteiger partial charge is 0.369 e. The normalized spacial score (nSPS) is 20.5.